The number of nitrogens with one attached hydrogen (secondary N) is 2. The number of anilines is 1. The van der Waals surface area contributed by atoms with E-state index in [0.29, 0.717) is 6.54 Å². The van der Waals surface area contributed by atoms with Crippen LogP contribution < -0.4 is 10.6 Å². The maximum absolute atomic E-state index is 12.0. The summed E-state index contributed by atoms with van der Waals surface area (Å²) in [6.07, 6.45) is 0.809. The highest BCUT2D eigenvalue weighted by Gasteiger charge is 2.20. The van der Waals surface area contributed by atoms with Crippen molar-refractivity contribution < 1.29 is 9.72 Å². The van der Waals surface area contributed by atoms with Gasteiger partial charge >= 0.3 is 0 Å². The summed E-state index contributed by atoms with van der Waals surface area (Å²) in [7, 11) is 1.54. The van der Waals surface area contributed by atoms with Crippen molar-refractivity contribution in [2.24, 2.45) is 5.41 Å². The lowest BCUT2D eigenvalue weighted by Crippen LogP contribution is -2.27. The van der Waals surface area contributed by atoms with Crippen LogP contribution in [0.4, 0.5) is 11.4 Å². The molecule has 0 aromatic heterocycles. The topological polar surface area (TPSA) is 84.3 Å². The van der Waals surface area contributed by atoms with Gasteiger partial charge < -0.3 is 10.6 Å². The molecule has 0 saturated carbocycles. The van der Waals surface area contributed by atoms with E-state index < -0.39 is 4.92 Å². The molecule has 116 valence electrons. The molecule has 6 nitrogen and oxygen atoms in total. The highest BCUT2D eigenvalue weighted by molar-refractivity contribution is 6.34. The minimum atomic E-state index is -0.566. The smallest absolute Gasteiger partial charge is 0.294 e. The molecule has 1 aromatic carbocycles. The minimum absolute atomic E-state index is 0.104. The highest BCUT2D eigenvalue weighted by Crippen LogP contribution is 2.33. The van der Waals surface area contributed by atoms with Crippen LogP contribution in [0.1, 0.15) is 37.6 Å². The maximum Gasteiger partial charge on any atom is 0.294 e. The Morgan fingerprint density at radius 1 is 1.38 bits per heavy atom. The summed E-state index contributed by atoms with van der Waals surface area (Å²) >= 11 is 5.98. The summed E-state index contributed by atoms with van der Waals surface area (Å²) in [4.78, 5) is 22.5. The van der Waals surface area contributed by atoms with Gasteiger partial charge in [-0.25, -0.2) is 0 Å². The first-order chi connectivity index (χ1) is 9.65. The monoisotopic (exact) mass is 313 g/mol. The molecule has 1 amide bonds. The standard InChI is InChI=1S/C14H20ClN3O3/c1-14(2,3)5-6-17-13(19)9-7-10(15)12(16-4)11(8-9)18(20)21/h7-8,16H,5-6H2,1-4H3,(H,17,19). The van der Waals surface area contributed by atoms with E-state index in [0.717, 1.165) is 6.42 Å². The number of rotatable bonds is 5. The summed E-state index contributed by atoms with van der Waals surface area (Å²) in [6.45, 7) is 6.72. The first kappa shape index (κ1) is 17.2. The van der Waals surface area contributed by atoms with Gasteiger partial charge in [-0.2, -0.15) is 0 Å². The largest absolute Gasteiger partial charge is 0.381 e. The van der Waals surface area contributed by atoms with E-state index in [1.807, 2.05) is 0 Å². The van der Waals surface area contributed by atoms with Gasteiger partial charge in [0.2, 0.25) is 0 Å². The Hall–Kier alpha value is -1.82. The lowest BCUT2D eigenvalue weighted by molar-refractivity contribution is -0.383. The maximum atomic E-state index is 12.0. The van der Waals surface area contributed by atoms with Crippen LogP contribution in [0.2, 0.25) is 5.02 Å². The van der Waals surface area contributed by atoms with E-state index in [1.54, 1.807) is 0 Å². The first-order valence-corrected chi connectivity index (χ1v) is 6.97. The van der Waals surface area contributed by atoms with E-state index >= 15 is 0 Å². The van der Waals surface area contributed by atoms with Crippen molar-refractivity contribution in [2.45, 2.75) is 27.2 Å². The minimum Gasteiger partial charge on any atom is -0.381 e. The van der Waals surface area contributed by atoms with Gasteiger partial charge in [-0.15, -0.1) is 0 Å². The predicted molar refractivity (Wildman–Crippen MR) is 84.1 cm³/mol. The van der Waals surface area contributed by atoms with E-state index in [1.165, 1.54) is 19.2 Å². The normalized spacial score (nSPS) is 11.1. The van der Waals surface area contributed by atoms with Crippen molar-refractivity contribution in [3.8, 4) is 0 Å². The van der Waals surface area contributed by atoms with Gasteiger partial charge in [-0.3, -0.25) is 14.9 Å². The van der Waals surface area contributed by atoms with Gasteiger partial charge in [0.1, 0.15) is 5.69 Å². The number of carbonyl (C=O) groups is 1. The molecule has 2 N–H and O–H groups in total. The van der Waals surface area contributed by atoms with Crippen molar-refractivity contribution in [1.82, 2.24) is 5.32 Å². The molecular formula is C14H20ClN3O3. The number of nitro groups is 1. The summed E-state index contributed by atoms with van der Waals surface area (Å²) in [5, 5.41) is 16.6. The number of carbonyl (C=O) groups excluding carboxylic acids is 1. The lowest BCUT2D eigenvalue weighted by atomic mass is 9.92. The molecule has 0 atom stereocenters. The average molecular weight is 314 g/mol. The molecule has 1 aromatic rings. The van der Waals surface area contributed by atoms with Crippen molar-refractivity contribution >= 4 is 28.9 Å². The Labute approximate surface area is 129 Å². The number of hydrogen-bond donors (Lipinski definition) is 2. The molecule has 0 spiro atoms. The van der Waals surface area contributed by atoms with E-state index in [4.69, 9.17) is 11.6 Å². The van der Waals surface area contributed by atoms with Crippen LogP contribution in [0.5, 0.6) is 0 Å². The SMILES string of the molecule is CNc1c(Cl)cc(C(=O)NCCC(C)(C)C)cc1[N+](=O)[O-]. The summed E-state index contributed by atoms with van der Waals surface area (Å²) in [5.74, 6) is -0.369. The third kappa shape index (κ3) is 4.90. The number of nitrogens with zero attached hydrogens (tertiary/aromatic N) is 1. The summed E-state index contributed by atoms with van der Waals surface area (Å²) in [6, 6.07) is 2.65. The summed E-state index contributed by atoms with van der Waals surface area (Å²) in [5.41, 5.74) is 0.269. The molecule has 0 radical (unpaired) electrons. The first-order valence-electron chi connectivity index (χ1n) is 6.59. The van der Waals surface area contributed by atoms with E-state index in [9.17, 15) is 14.9 Å². The van der Waals surface area contributed by atoms with Crippen LogP contribution in [0, 0.1) is 15.5 Å². The van der Waals surface area contributed by atoms with Crippen LogP contribution >= 0.6 is 11.6 Å². The van der Waals surface area contributed by atoms with Gasteiger partial charge in [-0.05, 0) is 17.9 Å². The van der Waals surface area contributed by atoms with Crippen LogP contribution in [0.3, 0.4) is 0 Å². The fraction of sp³-hybridized carbons (Fsp3) is 0.500. The van der Waals surface area contributed by atoms with Crippen molar-refractivity contribution in [3.63, 3.8) is 0 Å². The summed E-state index contributed by atoms with van der Waals surface area (Å²) < 4.78 is 0. The second kappa shape index (κ2) is 6.76. The molecule has 0 aliphatic heterocycles. The zero-order valence-electron chi connectivity index (χ0n) is 12.6. The third-order valence-electron chi connectivity index (χ3n) is 2.94. The molecule has 0 heterocycles. The zero-order chi connectivity index (χ0) is 16.2. The van der Waals surface area contributed by atoms with Gasteiger partial charge in [0, 0.05) is 25.2 Å². The molecule has 0 aliphatic rings. The Morgan fingerprint density at radius 3 is 2.48 bits per heavy atom. The number of nitro benzene ring substituents is 1. The second-order valence-electron chi connectivity index (χ2n) is 5.93. The predicted octanol–water partition coefficient (Wildman–Crippen LogP) is 3.46. The molecular weight excluding hydrogens is 294 g/mol. The number of amides is 1. The van der Waals surface area contributed by atoms with Gasteiger partial charge in [0.15, 0.2) is 0 Å². The van der Waals surface area contributed by atoms with Gasteiger partial charge in [-0.1, -0.05) is 32.4 Å². The Balaban J connectivity index is 2.93. The fourth-order valence-electron chi connectivity index (χ4n) is 1.77. The number of halogens is 1. The molecule has 7 heteroatoms. The molecule has 0 bridgehead atoms. The number of benzene rings is 1. The Kier molecular flexibility index (Phi) is 5.54. The van der Waals surface area contributed by atoms with Crippen molar-refractivity contribution in [3.05, 3.63) is 32.8 Å². The Morgan fingerprint density at radius 2 is 2.00 bits per heavy atom. The molecule has 1 rings (SSSR count). The number of hydrogen-bond acceptors (Lipinski definition) is 4. The molecule has 21 heavy (non-hydrogen) atoms. The highest BCUT2D eigenvalue weighted by atomic mass is 35.5. The average Bonchev–Trinajstić information content (AvgIpc) is 2.35. The third-order valence-corrected chi connectivity index (χ3v) is 3.24. The Bertz CT molecular complexity index is 553. The van der Waals surface area contributed by atoms with Crippen LogP contribution in [0.25, 0.3) is 0 Å². The molecule has 0 saturated heterocycles. The van der Waals surface area contributed by atoms with Crippen LogP contribution in [-0.2, 0) is 0 Å². The fourth-order valence-corrected chi connectivity index (χ4v) is 2.08. The zero-order valence-corrected chi connectivity index (χ0v) is 13.4. The van der Waals surface area contributed by atoms with Crippen molar-refractivity contribution in [2.75, 3.05) is 18.9 Å². The van der Waals surface area contributed by atoms with Gasteiger partial charge in [0.25, 0.3) is 11.6 Å². The lowest BCUT2D eigenvalue weighted by Gasteiger charge is -2.18. The van der Waals surface area contributed by atoms with E-state index in [2.05, 4.69) is 31.4 Å². The van der Waals surface area contributed by atoms with E-state index in [-0.39, 0.29) is 33.3 Å². The quantitative estimate of drug-likeness (QED) is 0.644. The van der Waals surface area contributed by atoms with Crippen LogP contribution in [0.15, 0.2) is 12.1 Å². The van der Waals surface area contributed by atoms with Crippen LogP contribution in [-0.4, -0.2) is 24.4 Å². The second-order valence-corrected chi connectivity index (χ2v) is 6.33. The molecule has 0 fully saturated rings. The van der Waals surface area contributed by atoms with Crippen molar-refractivity contribution in [1.29, 1.82) is 0 Å². The molecule has 0 unspecified atom stereocenters. The molecule has 0 aliphatic carbocycles. The van der Waals surface area contributed by atoms with Gasteiger partial charge in [0.05, 0.1) is 9.95 Å².